The third kappa shape index (κ3) is 1.87. The monoisotopic (exact) mass is 166 g/mol. The Hall–Kier alpha value is -1.26. The smallest absolute Gasteiger partial charge is 0.108 e. The van der Waals surface area contributed by atoms with Crippen LogP contribution in [0.5, 0.6) is 0 Å². The van der Waals surface area contributed by atoms with E-state index < -0.39 is 0 Å². The van der Waals surface area contributed by atoms with E-state index >= 15 is 0 Å². The van der Waals surface area contributed by atoms with Gasteiger partial charge in [0.25, 0.3) is 0 Å². The highest BCUT2D eigenvalue weighted by molar-refractivity contribution is 5.39. The molecule has 0 spiro atoms. The van der Waals surface area contributed by atoms with Gasteiger partial charge in [-0.25, -0.2) is 0 Å². The van der Waals surface area contributed by atoms with Crippen molar-refractivity contribution in [3.8, 4) is 0 Å². The molecule has 0 radical (unpaired) electrons. The zero-order valence-corrected chi connectivity index (χ0v) is 6.47. The lowest BCUT2D eigenvalue weighted by atomic mass is 10.1. The average molecular weight is 166 g/mol. The second-order valence-electron chi connectivity index (χ2n) is 2.47. The summed E-state index contributed by atoms with van der Waals surface area (Å²) in [5, 5.41) is 11.4. The third-order valence-corrected chi connectivity index (χ3v) is 1.62. The van der Waals surface area contributed by atoms with Crippen molar-refractivity contribution in [2.24, 2.45) is 10.9 Å². The number of hydrogen-bond donors (Lipinski definition) is 2. The van der Waals surface area contributed by atoms with E-state index in [-0.39, 0.29) is 12.6 Å². The van der Waals surface area contributed by atoms with Gasteiger partial charge in [0.1, 0.15) is 5.69 Å². The minimum absolute atomic E-state index is 0.103. The summed E-state index contributed by atoms with van der Waals surface area (Å²) in [6, 6.07) is 6.11. The second kappa shape index (κ2) is 3.94. The van der Waals surface area contributed by atoms with Crippen LogP contribution in [0.4, 0.5) is 5.69 Å². The van der Waals surface area contributed by atoms with E-state index in [1.165, 1.54) is 0 Å². The van der Waals surface area contributed by atoms with E-state index in [1.54, 1.807) is 24.3 Å². The van der Waals surface area contributed by atoms with Crippen LogP contribution < -0.4 is 5.73 Å². The molecule has 0 amide bonds. The van der Waals surface area contributed by atoms with Crippen molar-refractivity contribution in [1.29, 1.82) is 0 Å². The zero-order chi connectivity index (χ0) is 8.97. The SMILES string of the molecule is NC(CO)c1ccc(N=O)cc1. The predicted molar refractivity (Wildman–Crippen MR) is 45.9 cm³/mol. The van der Waals surface area contributed by atoms with Crippen molar-refractivity contribution < 1.29 is 5.11 Å². The maximum atomic E-state index is 10.0. The van der Waals surface area contributed by atoms with Gasteiger partial charge in [0.15, 0.2) is 0 Å². The summed E-state index contributed by atoms with van der Waals surface area (Å²) in [6.07, 6.45) is 0. The molecule has 1 atom stereocenters. The number of rotatable bonds is 3. The summed E-state index contributed by atoms with van der Waals surface area (Å²) in [4.78, 5) is 10.0. The summed E-state index contributed by atoms with van der Waals surface area (Å²) in [5.74, 6) is 0. The Kier molecular flexibility index (Phi) is 2.90. The van der Waals surface area contributed by atoms with Crippen LogP contribution in [0.2, 0.25) is 0 Å². The van der Waals surface area contributed by atoms with Gasteiger partial charge in [-0.3, -0.25) is 0 Å². The van der Waals surface area contributed by atoms with E-state index in [1.807, 2.05) is 0 Å². The molecule has 12 heavy (non-hydrogen) atoms. The molecule has 0 bridgehead atoms. The van der Waals surface area contributed by atoms with Crippen molar-refractivity contribution in [3.63, 3.8) is 0 Å². The molecule has 1 rings (SSSR count). The molecule has 0 saturated carbocycles. The Labute approximate surface area is 70.0 Å². The highest BCUT2D eigenvalue weighted by Crippen LogP contribution is 2.15. The molecule has 1 aromatic rings. The van der Waals surface area contributed by atoms with E-state index in [9.17, 15) is 4.91 Å². The lowest BCUT2D eigenvalue weighted by molar-refractivity contribution is 0.268. The molecule has 0 aliphatic heterocycles. The number of nitroso groups, excluding NO2 is 1. The normalized spacial score (nSPS) is 12.5. The number of aliphatic hydroxyl groups excluding tert-OH is 1. The van der Waals surface area contributed by atoms with Crippen LogP contribution in [0.3, 0.4) is 0 Å². The highest BCUT2D eigenvalue weighted by Gasteiger charge is 2.02. The maximum absolute atomic E-state index is 10.0. The molecule has 1 aromatic carbocycles. The Balaban J connectivity index is 2.84. The van der Waals surface area contributed by atoms with Crippen molar-refractivity contribution in [1.82, 2.24) is 0 Å². The van der Waals surface area contributed by atoms with Crippen LogP contribution in [0.15, 0.2) is 29.4 Å². The fourth-order valence-electron chi connectivity index (χ4n) is 0.888. The minimum atomic E-state index is -0.384. The first kappa shape index (κ1) is 8.83. The van der Waals surface area contributed by atoms with E-state index in [0.29, 0.717) is 5.69 Å². The van der Waals surface area contributed by atoms with Crippen LogP contribution in [0, 0.1) is 4.91 Å². The Morgan fingerprint density at radius 2 is 2.00 bits per heavy atom. The molecule has 0 fully saturated rings. The molecule has 4 nitrogen and oxygen atoms in total. The van der Waals surface area contributed by atoms with E-state index in [2.05, 4.69) is 5.18 Å². The average Bonchev–Trinajstić information content (AvgIpc) is 2.17. The minimum Gasteiger partial charge on any atom is -0.394 e. The standard InChI is InChI=1S/C8H10N2O2/c9-8(5-11)6-1-3-7(10-12)4-2-6/h1-4,8,11H,5,9H2. The van der Waals surface area contributed by atoms with Gasteiger partial charge in [-0.05, 0) is 22.9 Å². The number of aliphatic hydroxyl groups is 1. The summed E-state index contributed by atoms with van der Waals surface area (Å²) in [7, 11) is 0. The molecule has 64 valence electrons. The van der Waals surface area contributed by atoms with Gasteiger partial charge in [-0.15, -0.1) is 4.91 Å². The van der Waals surface area contributed by atoms with Crippen molar-refractivity contribution in [2.75, 3.05) is 6.61 Å². The summed E-state index contributed by atoms with van der Waals surface area (Å²) in [6.45, 7) is -0.103. The largest absolute Gasteiger partial charge is 0.394 e. The van der Waals surface area contributed by atoms with E-state index in [4.69, 9.17) is 10.8 Å². The van der Waals surface area contributed by atoms with Gasteiger partial charge in [-0.2, -0.15) is 0 Å². The summed E-state index contributed by atoms with van der Waals surface area (Å²) in [5.41, 5.74) is 6.69. The van der Waals surface area contributed by atoms with Crippen LogP contribution in [-0.4, -0.2) is 11.7 Å². The Morgan fingerprint density at radius 3 is 2.42 bits per heavy atom. The zero-order valence-electron chi connectivity index (χ0n) is 6.47. The molecule has 0 aromatic heterocycles. The highest BCUT2D eigenvalue weighted by atomic mass is 16.3. The van der Waals surface area contributed by atoms with Crippen molar-refractivity contribution in [2.45, 2.75) is 6.04 Å². The second-order valence-corrected chi connectivity index (χ2v) is 2.47. The van der Waals surface area contributed by atoms with E-state index in [0.717, 1.165) is 5.56 Å². The predicted octanol–water partition coefficient (Wildman–Crippen LogP) is 1.08. The topological polar surface area (TPSA) is 75.7 Å². The molecule has 0 saturated heterocycles. The van der Waals surface area contributed by atoms with Gasteiger partial charge in [0.2, 0.25) is 0 Å². The Morgan fingerprint density at radius 1 is 1.42 bits per heavy atom. The lowest BCUT2D eigenvalue weighted by Gasteiger charge is -2.06. The first-order chi connectivity index (χ1) is 5.77. The summed E-state index contributed by atoms with van der Waals surface area (Å²) < 4.78 is 0. The molecule has 3 N–H and O–H groups in total. The fourth-order valence-corrected chi connectivity index (χ4v) is 0.888. The molecule has 1 unspecified atom stereocenters. The third-order valence-electron chi connectivity index (χ3n) is 1.62. The van der Waals surface area contributed by atoms with Crippen molar-refractivity contribution >= 4 is 5.69 Å². The number of benzene rings is 1. The first-order valence-corrected chi connectivity index (χ1v) is 3.57. The molecular formula is C8H10N2O2. The van der Waals surface area contributed by atoms with Gasteiger partial charge in [0, 0.05) is 0 Å². The van der Waals surface area contributed by atoms with Gasteiger partial charge < -0.3 is 10.8 Å². The quantitative estimate of drug-likeness (QED) is 0.659. The molecular weight excluding hydrogens is 156 g/mol. The van der Waals surface area contributed by atoms with Crippen LogP contribution in [0.1, 0.15) is 11.6 Å². The number of nitrogens with zero attached hydrogens (tertiary/aromatic N) is 1. The Bertz CT molecular complexity index is 258. The van der Waals surface area contributed by atoms with Crippen LogP contribution >= 0.6 is 0 Å². The maximum Gasteiger partial charge on any atom is 0.108 e. The first-order valence-electron chi connectivity index (χ1n) is 3.57. The molecule has 4 heteroatoms. The molecule has 0 aliphatic rings. The van der Waals surface area contributed by atoms with Gasteiger partial charge >= 0.3 is 0 Å². The van der Waals surface area contributed by atoms with Gasteiger partial charge in [0.05, 0.1) is 12.6 Å². The lowest BCUT2D eigenvalue weighted by Crippen LogP contribution is -2.13. The number of hydrogen-bond acceptors (Lipinski definition) is 4. The molecule has 0 heterocycles. The van der Waals surface area contributed by atoms with Crippen LogP contribution in [-0.2, 0) is 0 Å². The van der Waals surface area contributed by atoms with Crippen LogP contribution in [0.25, 0.3) is 0 Å². The fraction of sp³-hybridized carbons (Fsp3) is 0.250. The molecule has 0 aliphatic carbocycles. The summed E-state index contributed by atoms with van der Waals surface area (Å²) >= 11 is 0. The van der Waals surface area contributed by atoms with Crippen molar-refractivity contribution in [3.05, 3.63) is 34.7 Å². The number of nitrogens with two attached hydrogens (primary N) is 1. The van der Waals surface area contributed by atoms with Gasteiger partial charge in [-0.1, -0.05) is 12.1 Å².